The quantitative estimate of drug-likeness (QED) is 0.427. The van der Waals surface area contributed by atoms with E-state index in [0.29, 0.717) is 18.5 Å². The third-order valence-corrected chi connectivity index (χ3v) is 5.21. The van der Waals surface area contributed by atoms with Crippen LogP contribution in [0.1, 0.15) is 38.1 Å². The summed E-state index contributed by atoms with van der Waals surface area (Å²) in [5.74, 6) is -1.88. The van der Waals surface area contributed by atoms with E-state index in [2.05, 4.69) is 5.32 Å². The number of hydrogen-bond donors (Lipinski definition) is 3. The van der Waals surface area contributed by atoms with Crippen LogP contribution in [0.2, 0.25) is 0 Å². The molecule has 0 fully saturated rings. The second-order valence-electron chi connectivity index (χ2n) is 6.05. The topological polar surface area (TPSA) is 115 Å². The maximum absolute atomic E-state index is 12.9. The van der Waals surface area contributed by atoms with E-state index in [1.165, 1.54) is 12.1 Å². The third-order valence-electron chi connectivity index (χ3n) is 3.98. The van der Waals surface area contributed by atoms with Gasteiger partial charge in [-0.15, -0.1) is 11.3 Å². The largest absolute Gasteiger partial charge is 0.462 e. The number of thiophene rings is 1. The number of esters is 1. The normalized spacial score (nSPS) is 10.5. The number of halogens is 1. The lowest BCUT2D eigenvalue weighted by Gasteiger charge is -2.07. The lowest BCUT2D eigenvalue weighted by Crippen LogP contribution is -2.86. The third kappa shape index (κ3) is 5.61. The number of rotatable bonds is 9. The van der Waals surface area contributed by atoms with E-state index in [1.807, 2.05) is 0 Å². The van der Waals surface area contributed by atoms with E-state index in [4.69, 9.17) is 10.5 Å². The van der Waals surface area contributed by atoms with Gasteiger partial charge in [0.1, 0.15) is 10.8 Å². The minimum Gasteiger partial charge on any atom is -0.462 e. The Morgan fingerprint density at radius 3 is 2.54 bits per heavy atom. The fourth-order valence-electron chi connectivity index (χ4n) is 2.62. The van der Waals surface area contributed by atoms with Gasteiger partial charge in [0, 0.05) is 6.42 Å². The van der Waals surface area contributed by atoms with Crippen molar-refractivity contribution < 1.29 is 28.8 Å². The van der Waals surface area contributed by atoms with Crippen molar-refractivity contribution in [1.82, 2.24) is 0 Å². The Hall–Kier alpha value is -2.78. The molecule has 7 nitrogen and oxygen atoms in total. The SMILES string of the molecule is CCOC(=O)c1c(NC(=O)C[NH2+]CCc2ccc(F)cc2)sc(C(N)=O)c1C. The minimum atomic E-state index is -0.667. The minimum absolute atomic E-state index is 0.131. The Bertz CT molecular complexity index is 865. The molecule has 2 rings (SSSR count). The molecule has 0 saturated carbocycles. The molecule has 0 aliphatic rings. The smallest absolute Gasteiger partial charge is 0.341 e. The fraction of sp³-hybridized carbons (Fsp3) is 0.316. The van der Waals surface area contributed by atoms with Crippen LogP contribution < -0.4 is 16.4 Å². The second kappa shape index (κ2) is 9.95. The monoisotopic (exact) mass is 408 g/mol. The number of primary amides is 1. The van der Waals surface area contributed by atoms with Gasteiger partial charge in [-0.1, -0.05) is 12.1 Å². The predicted octanol–water partition coefficient (Wildman–Crippen LogP) is 1.22. The van der Waals surface area contributed by atoms with Crippen molar-refractivity contribution in [3.8, 4) is 0 Å². The first-order valence-corrected chi connectivity index (χ1v) is 9.61. The molecule has 0 atom stereocenters. The van der Waals surface area contributed by atoms with Gasteiger partial charge in [0.25, 0.3) is 11.8 Å². The molecule has 0 aliphatic heterocycles. The molecule has 1 heterocycles. The Kier molecular flexibility index (Phi) is 7.65. The number of anilines is 1. The number of amides is 2. The van der Waals surface area contributed by atoms with Gasteiger partial charge in [-0.25, -0.2) is 9.18 Å². The van der Waals surface area contributed by atoms with Crippen molar-refractivity contribution in [2.24, 2.45) is 5.73 Å². The first kappa shape index (κ1) is 21.5. The molecule has 0 radical (unpaired) electrons. The summed E-state index contributed by atoms with van der Waals surface area (Å²) in [5.41, 5.74) is 6.86. The Balaban J connectivity index is 1.96. The number of carbonyl (C=O) groups is 3. The number of hydrogen-bond acceptors (Lipinski definition) is 5. The summed E-state index contributed by atoms with van der Waals surface area (Å²) in [5, 5.41) is 4.72. The van der Waals surface area contributed by atoms with Crippen LogP contribution in [0.3, 0.4) is 0 Å². The average molecular weight is 408 g/mol. The van der Waals surface area contributed by atoms with Gasteiger partial charge >= 0.3 is 5.97 Å². The van der Waals surface area contributed by atoms with Gasteiger partial charge in [0.2, 0.25) is 0 Å². The number of quaternary nitrogens is 1. The maximum Gasteiger partial charge on any atom is 0.341 e. The number of nitrogens with one attached hydrogen (secondary N) is 1. The van der Waals surface area contributed by atoms with Gasteiger partial charge in [0.05, 0.1) is 23.6 Å². The summed E-state index contributed by atoms with van der Waals surface area (Å²) in [6, 6.07) is 6.20. The predicted molar refractivity (Wildman–Crippen MR) is 104 cm³/mol. The standard InChI is InChI=1S/C19H22FN3O4S/c1-3-27-19(26)15-11(2)16(17(21)25)28-18(15)23-14(24)10-22-9-8-12-4-6-13(20)7-5-12/h4-7,22H,3,8-10H2,1-2H3,(H2,21,25)(H,23,24)/p+1. The summed E-state index contributed by atoms with van der Waals surface area (Å²) in [6.45, 7) is 4.20. The van der Waals surface area contributed by atoms with Crippen LogP contribution in [0.25, 0.3) is 0 Å². The summed E-state index contributed by atoms with van der Waals surface area (Å²) >= 11 is 0.957. The van der Waals surface area contributed by atoms with Crippen LogP contribution in [0.15, 0.2) is 24.3 Å². The molecule has 0 bridgehead atoms. The first-order chi connectivity index (χ1) is 13.3. The zero-order valence-electron chi connectivity index (χ0n) is 15.7. The zero-order chi connectivity index (χ0) is 20.7. The van der Waals surface area contributed by atoms with E-state index in [9.17, 15) is 18.8 Å². The second-order valence-corrected chi connectivity index (χ2v) is 7.07. The Morgan fingerprint density at radius 1 is 1.25 bits per heavy atom. The van der Waals surface area contributed by atoms with Crippen LogP contribution in [-0.2, 0) is 16.0 Å². The molecule has 5 N–H and O–H groups in total. The highest BCUT2D eigenvalue weighted by Gasteiger charge is 2.25. The summed E-state index contributed by atoms with van der Waals surface area (Å²) in [6.07, 6.45) is 0.686. The molecule has 0 spiro atoms. The van der Waals surface area contributed by atoms with E-state index in [-0.39, 0.29) is 40.3 Å². The lowest BCUT2D eigenvalue weighted by molar-refractivity contribution is -0.643. The molecule has 0 aliphatic carbocycles. The van der Waals surface area contributed by atoms with E-state index in [0.717, 1.165) is 16.9 Å². The van der Waals surface area contributed by atoms with Gasteiger partial charge < -0.3 is 21.1 Å². The molecule has 9 heteroatoms. The summed E-state index contributed by atoms with van der Waals surface area (Å²) in [4.78, 5) is 36.2. The highest BCUT2D eigenvalue weighted by molar-refractivity contribution is 7.18. The Morgan fingerprint density at radius 2 is 1.93 bits per heavy atom. The fourth-order valence-corrected chi connectivity index (χ4v) is 3.68. The molecule has 0 unspecified atom stereocenters. The number of nitrogens with two attached hydrogens (primary N) is 2. The van der Waals surface area contributed by atoms with Crippen LogP contribution in [0, 0.1) is 12.7 Å². The van der Waals surface area contributed by atoms with Crippen molar-refractivity contribution in [1.29, 1.82) is 0 Å². The molecule has 2 aromatic rings. The van der Waals surface area contributed by atoms with Crippen molar-refractivity contribution in [3.05, 3.63) is 51.7 Å². The molecule has 1 aromatic carbocycles. The summed E-state index contributed by atoms with van der Waals surface area (Å²) in [7, 11) is 0. The molecular formula is C19H23FN3O4S+. The van der Waals surface area contributed by atoms with Crippen molar-refractivity contribution in [2.45, 2.75) is 20.3 Å². The zero-order valence-corrected chi connectivity index (χ0v) is 16.5. The van der Waals surface area contributed by atoms with Crippen LogP contribution in [0.4, 0.5) is 9.39 Å². The van der Waals surface area contributed by atoms with Crippen molar-refractivity contribution in [2.75, 3.05) is 25.0 Å². The first-order valence-electron chi connectivity index (χ1n) is 8.79. The number of carbonyl (C=O) groups excluding carboxylic acids is 3. The summed E-state index contributed by atoms with van der Waals surface area (Å²) < 4.78 is 17.9. The molecule has 150 valence electrons. The van der Waals surface area contributed by atoms with Gasteiger partial charge in [-0.3, -0.25) is 9.59 Å². The molecule has 2 amide bonds. The van der Waals surface area contributed by atoms with Gasteiger partial charge in [0.15, 0.2) is 6.54 Å². The number of ether oxygens (including phenoxy) is 1. The van der Waals surface area contributed by atoms with E-state index >= 15 is 0 Å². The average Bonchev–Trinajstić information content (AvgIpc) is 2.96. The van der Waals surface area contributed by atoms with Gasteiger partial charge in [-0.2, -0.15) is 0 Å². The van der Waals surface area contributed by atoms with Crippen molar-refractivity contribution in [3.63, 3.8) is 0 Å². The van der Waals surface area contributed by atoms with E-state index < -0.39 is 11.9 Å². The Labute approximate surface area is 166 Å². The van der Waals surface area contributed by atoms with Crippen molar-refractivity contribution >= 4 is 34.1 Å². The molecule has 28 heavy (non-hydrogen) atoms. The maximum atomic E-state index is 12.9. The molecule has 1 aromatic heterocycles. The number of benzene rings is 1. The highest BCUT2D eigenvalue weighted by atomic mass is 32.1. The molecule has 0 saturated heterocycles. The highest BCUT2D eigenvalue weighted by Crippen LogP contribution is 2.33. The van der Waals surface area contributed by atoms with Crippen LogP contribution in [-0.4, -0.2) is 37.5 Å². The van der Waals surface area contributed by atoms with Crippen LogP contribution in [0.5, 0.6) is 0 Å². The lowest BCUT2D eigenvalue weighted by atomic mass is 10.1. The van der Waals surface area contributed by atoms with Crippen LogP contribution >= 0.6 is 11.3 Å². The van der Waals surface area contributed by atoms with E-state index in [1.54, 1.807) is 31.3 Å². The van der Waals surface area contributed by atoms with Gasteiger partial charge in [-0.05, 0) is 37.1 Å². The molecular weight excluding hydrogens is 385 g/mol.